The van der Waals surface area contributed by atoms with Gasteiger partial charge in [0.05, 0.1) is 6.04 Å². The lowest BCUT2D eigenvalue weighted by atomic mass is 10.1. The average Bonchev–Trinajstić information content (AvgIpc) is 2.27. The Labute approximate surface area is 105 Å². The minimum atomic E-state index is -0.396. The molecule has 0 aromatic heterocycles. The summed E-state index contributed by atoms with van der Waals surface area (Å²) in [5, 5.41) is 3.09. The van der Waals surface area contributed by atoms with Gasteiger partial charge >= 0.3 is 0 Å². The predicted molar refractivity (Wildman–Crippen MR) is 66.2 cm³/mol. The molecule has 0 aliphatic carbocycles. The number of hydrogen-bond donors (Lipinski definition) is 2. The second kappa shape index (κ2) is 5.98. The molecule has 5 heteroatoms. The molecule has 2 unspecified atom stereocenters. The highest BCUT2D eigenvalue weighted by Crippen LogP contribution is 2.23. The lowest BCUT2D eigenvalue weighted by molar-refractivity contribution is -0.124. The number of halogens is 2. The molecule has 0 aliphatic rings. The molecule has 1 rings (SSSR count). The van der Waals surface area contributed by atoms with Gasteiger partial charge in [0, 0.05) is 17.5 Å². The van der Waals surface area contributed by atoms with Crippen LogP contribution in [-0.2, 0) is 4.79 Å². The molecule has 0 aliphatic heterocycles. The molecule has 2 atom stereocenters. The fraction of sp³-hybridized carbons (Fsp3) is 0.417. The standard InChI is InChI=1S/C12H16ClFN2O/c1-7(6-15)12(17)16-8(2)10-4-3-9(14)5-11(10)13/h3-5,7-8H,6,15H2,1-2H3,(H,16,17). The number of nitrogens with one attached hydrogen (secondary N) is 1. The van der Waals surface area contributed by atoms with Gasteiger partial charge in [-0.3, -0.25) is 4.79 Å². The van der Waals surface area contributed by atoms with Crippen molar-refractivity contribution >= 4 is 17.5 Å². The van der Waals surface area contributed by atoms with E-state index in [1.165, 1.54) is 12.1 Å². The Bertz CT molecular complexity index is 411. The molecule has 3 N–H and O–H groups in total. The summed E-state index contributed by atoms with van der Waals surface area (Å²) in [6, 6.07) is 3.84. The highest BCUT2D eigenvalue weighted by atomic mass is 35.5. The maximum atomic E-state index is 12.9. The van der Waals surface area contributed by atoms with E-state index in [4.69, 9.17) is 17.3 Å². The zero-order valence-corrected chi connectivity index (χ0v) is 10.6. The summed E-state index contributed by atoms with van der Waals surface area (Å²) >= 11 is 5.91. The molecule has 1 amide bonds. The molecule has 0 saturated heterocycles. The smallest absolute Gasteiger partial charge is 0.224 e. The number of carbonyl (C=O) groups is 1. The lowest BCUT2D eigenvalue weighted by Gasteiger charge is -2.18. The maximum absolute atomic E-state index is 12.9. The summed E-state index contributed by atoms with van der Waals surface area (Å²) < 4.78 is 12.9. The largest absolute Gasteiger partial charge is 0.349 e. The van der Waals surface area contributed by atoms with Gasteiger partial charge in [-0.2, -0.15) is 0 Å². The monoisotopic (exact) mass is 258 g/mol. The van der Waals surface area contributed by atoms with Crippen LogP contribution in [0.15, 0.2) is 18.2 Å². The van der Waals surface area contributed by atoms with Crippen LogP contribution < -0.4 is 11.1 Å². The number of carbonyl (C=O) groups excluding carboxylic acids is 1. The van der Waals surface area contributed by atoms with Gasteiger partial charge < -0.3 is 11.1 Å². The first-order chi connectivity index (χ1) is 7.95. The lowest BCUT2D eigenvalue weighted by Crippen LogP contribution is -2.35. The van der Waals surface area contributed by atoms with Gasteiger partial charge in [0.1, 0.15) is 5.82 Å². The second-order valence-electron chi connectivity index (χ2n) is 4.03. The van der Waals surface area contributed by atoms with Gasteiger partial charge in [0.2, 0.25) is 5.91 Å². The van der Waals surface area contributed by atoms with E-state index in [-0.39, 0.29) is 24.4 Å². The van der Waals surface area contributed by atoms with Crippen molar-refractivity contribution in [1.29, 1.82) is 0 Å². The van der Waals surface area contributed by atoms with Gasteiger partial charge in [0.15, 0.2) is 0 Å². The number of hydrogen-bond acceptors (Lipinski definition) is 2. The van der Waals surface area contributed by atoms with E-state index >= 15 is 0 Å². The van der Waals surface area contributed by atoms with E-state index in [9.17, 15) is 9.18 Å². The fourth-order valence-corrected chi connectivity index (χ4v) is 1.72. The molecule has 0 heterocycles. The molecule has 94 valence electrons. The zero-order valence-electron chi connectivity index (χ0n) is 9.84. The number of amides is 1. The van der Waals surface area contributed by atoms with E-state index in [0.29, 0.717) is 10.6 Å². The molecule has 0 fully saturated rings. The summed E-state index contributed by atoms with van der Waals surface area (Å²) in [5.74, 6) is -0.787. The summed E-state index contributed by atoms with van der Waals surface area (Å²) in [6.45, 7) is 3.82. The molecule has 0 bridgehead atoms. The number of rotatable bonds is 4. The van der Waals surface area contributed by atoms with E-state index in [2.05, 4.69) is 5.32 Å². The third-order valence-electron chi connectivity index (χ3n) is 2.59. The Morgan fingerprint density at radius 2 is 2.18 bits per heavy atom. The molecule has 3 nitrogen and oxygen atoms in total. The first kappa shape index (κ1) is 13.9. The summed E-state index contributed by atoms with van der Waals surface area (Å²) in [6.07, 6.45) is 0. The first-order valence-electron chi connectivity index (χ1n) is 5.41. The third kappa shape index (κ3) is 3.68. The van der Waals surface area contributed by atoms with Gasteiger partial charge in [-0.25, -0.2) is 4.39 Å². The van der Waals surface area contributed by atoms with E-state index in [1.54, 1.807) is 19.9 Å². The Balaban J connectivity index is 2.76. The topological polar surface area (TPSA) is 55.1 Å². The molecular formula is C12H16ClFN2O. The minimum Gasteiger partial charge on any atom is -0.349 e. The van der Waals surface area contributed by atoms with Crippen molar-refractivity contribution in [2.45, 2.75) is 19.9 Å². The quantitative estimate of drug-likeness (QED) is 0.870. The van der Waals surface area contributed by atoms with Crippen LogP contribution in [0.2, 0.25) is 5.02 Å². The van der Waals surface area contributed by atoms with E-state index in [1.807, 2.05) is 0 Å². The van der Waals surface area contributed by atoms with E-state index in [0.717, 1.165) is 0 Å². The Hall–Kier alpha value is -1.13. The zero-order chi connectivity index (χ0) is 13.0. The summed E-state index contributed by atoms with van der Waals surface area (Å²) in [5.41, 5.74) is 6.09. The average molecular weight is 259 g/mol. The first-order valence-corrected chi connectivity index (χ1v) is 5.79. The van der Waals surface area contributed by atoms with Crippen LogP contribution in [0.5, 0.6) is 0 Å². The van der Waals surface area contributed by atoms with Crippen LogP contribution in [0, 0.1) is 11.7 Å². The Morgan fingerprint density at radius 3 is 2.71 bits per heavy atom. The molecule has 1 aromatic carbocycles. The Morgan fingerprint density at radius 1 is 1.53 bits per heavy atom. The number of nitrogens with two attached hydrogens (primary N) is 1. The van der Waals surface area contributed by atoms with Crippen molar-refractivity contribution in [3.8, 4) is 0 Å². The third-order valence-corrected chi connectivity index (χ3v) is 2.92. The second-order valence-corrected chi connectivity index (χ2v) is 4.44. The fourth-order valence-electron chi connectivity index (χ4n) is 1.39. The normalized spacial score (nSPS) is 14.2. The van der Waals surface area contributed by atoms with Gasteiger partial charge in [-0.15, -0.1) is 0 Å². The summed E-state index contributed by atoms with van der Waals surface area (Å²) in [4.78, 5) is 11.6. The van der Waals surface area contributed by atoms with Crippen molar-refractivity contribution in [1.82, 2.24) is 5.32 Å². The highest BCUT2D eigenvalue weighted by Gasteiger charge is 2.16. The SMILES string of the molecule is CC(CN)C(=O)NC(C)c1ccc(F)cc1Cl. The Kier molecular flexibility index (Phi) is 4.90. The molecule has 0 spiro atoms. The molecule has 17 heavy (non-hydrogen) atoms. The number of benzene rings is 1. The molecule has 0 radical (unpaired) electrons. The van der Waals surface area contributed by atoms with Crippen molar-refractivity contribution in [3.05, 3.63) is 34.6 Å². The van der Waals surface area contributed by atoms with Crippen molar-refractivity contribution in [3.63, 3.8) is 0 Å². The molecular weight excluding hydrogens is 243 g/mol. The molecule has 1 aromatic rings. The predicted octanol–water partition coefficient (Wildman–Crippen LogP) is 2.25. The van der Waals surface area contributed by atoms with E-state index < -0.39 is 5.82 Å². The van der Waals surface area contributed by atoms with Crippen LogP contribution in [0.4, 0.5) is 4.39 Å². The minimum absolute atomic E-state index is 0.139. The van der Waals surface area contributed by atoms with Crippen molar-refractivity contribution in [2.75, 3.05) is 6.54 Å². The maximum Gasteiger partial charge on any atom is 0.224 e. The van der Waals surface area contributed by atoms with Crippen LogP contribution in [-0.4, -0.2) is 12.5 Å². The van der Waals surface area contributed by atoms with Crippen molar-refractivity contribution < 1.29 is 9.18 Å². The van der Waals surface area contributed by atoms with Crippen LogP contribution in [0.3, 0.4) is 0 Å². The van der Waals surface area contributed by atoms with Crippen LogP contribution in [0.1, 0.15) is 25.5 Å². The highest BCUT2D eigenvalue weighted by molar-refractivity contribution is 6.31. The van der Waals surface area contributed by atoms with Gasteiger partial charge in [-0.1, -0.05) is 24.6 Å². The van der Waals surface area contributed by atoms with Gasteiger partial charge in [-0.05, 0) is 24.6 Å². The summed E-state index contributed by atoms with van der Waals surface area (Å²) in [7, 11) is 0. The van der Waals surface area contributed by atoms with Crippen LogP contribution >= 0.6 is 11.6 Å². The van der Waals surface area contributed by atoms with Gasteiger partial charge in [0.25, 0.3) is 0 Å². The van der Waals surface area contributed by atoms with Crippen LogP contribution in [0.25, 0.3) is 0 Å². The van der Waals surface area contributed by atoms with Crippen molar-refractivity contribution in [2.24, 2.45) is 11.7 Å². The molecule has 0 saturated carbocycles.